The molecule has 5 rings (SSSR count). The fourth-order valence-electron chi connectivity index (χ4n) is 4.89. The molecule has 0 bridgehead atoms. The van der Waals surface area contributed by atoms with E-state index in [1.54, 1.807) is 11.5 Å². The number of allylic oxidation sites excluding steroid dienone is 2. The second kappa shape index (κ2) is 9.82. The van der Waals surface area contributed by atoms with Crippen molar-refractivity contribution in [3.63, 3.8) is 0 Å². The van der Waals surface area contributed by atoms with Crippen molar-refractivity contribution in [1.29, 1.82) is 0 Å². The number of nitrogens with zero attached hydrogens (tertiary/aromatic N) is 3. The lowest BCUT2D eigenvalue weighted by Gasteiger charge is -2.24. The van der Waals surface area contributed by atoms with Crippen LogP contribution in [-0.4, -0.2) is 22.2 Å². The van der Waals surface area contributed by atoms with Crippen LogP contribution in [0.2, 0.25) is 0 Å². The number of hydrogen-bond donors (Lipinski definition) is 0. The molecule has 188 valence electrons. The van der Waals surface area contributed by atoms with E-state index >= 15 is 0 Å². The van der Waals surface area contributed by atoms with Gasteiger partial charge < -0.3 is 9.30 Å². The van der Waals surface area contributed by atoms with Crippen molar-refractivity contribution in [1.82, 2.24) is 9.13 Å². The van der Waals surface area contributed by atoms with Crippen molar-refractivity contribution in [2.45, 2.75) is 39.3 Å². The van der Waals surface area contributed by atoms with Gasteiger partial charge in [-0.1, -0.05) is 73.7 Å². The molecule has 1 aliphatic heterocycles. The van der Waals surface area contributed by atoms with Gasteiger partial charge in [0.25, 0.3) is 5.56 Å². The van der Waals surface area contributed by atoms with E-state index in [1.165, 1.54) is 24.0 Å². The van der Waals surface area contributed by atoms with E-state index in [0.29, 0.717) is 33.1 Å². The first kappa shape index (κ1) is 24.7. The van der Waals surface area contributed by atoms with Crippen LogP contribution in [0.4, 0.5) is 0 Å². The molecule has 0 saturated heterocycles. The minimum Gasteiger partial charge on any atom is -0.466 e. The van der Waals surface area contributed by atoms with Gasteiger partial charge in [-0.3, -0.25) is 9.36 Å². The van der Waals surface area contributed by atoms with E-state index in [4.69, 9.17) is 4.74 Å². The Morgan fingerprint density at radius 3 is 2.59 bits per heavy atom. The fourth-order valence-corrected chi connectivity index (χ4v) is 5.93. The van der Waals surface area contributed by atoms with Crippen LogP contribution in [0.5, 0.6) is 0 Å². The van der Waals surface area contributed by atoms with Crippen molar-refractivity contribution in [2.75, 3.05) is 7.11 Å². The van der Waals surface area contributed by atoms with Crippen molar-refractivity contribution in [3.05, 3.63) is 115 Å². The maximum absolute atomic E-state index is 13.9. The van der Waals surface area contributed by atoms with Crippen LogP contribution in [0.3, 0.4) is 0 Å². The van der Waals surface area contributed by atoms with Gasteiger partial charge in [0, 0.05) is 29.2 Å². The molecule has 37 heavy (non-hydrogen) atoms. The molecule has 0 unspecified atom stereocenters. The maximum Gasteiger partial charge on any atom is 0.338 e. The van der Waals surface area contributed by atoms with Gasteiger partial charge in [-0.05, 0) is 36.1 Å². The Hall–Kier alpha value is -3.97. The summed E-state index contributed by atoms with van der Waals surface area (Å²) in [7, 11) is 1.35. The van der Waals surface area contributed by atoms with Crippen molar-refractivity contribution < 1.29 is 9.53 Å². The average molecular weight is 512 g/mol. The predicted molar refractivity (Wildman–Crippen MR) is 148 cm³/mol. The minimum absolute atomic E-state index is 0.184. The van der Waals surface area contributed by atoms with Crippen molar-refractivity contribution in [3.8, 4) is 0 Å². The maximum atomic E-state index is 13.9. The summed E-state index contributed by atoms with van der Waals surface area (Å²) in [6.45, 7) is 10.6. The van der Waals surface area contributed by atoms with Gasteiger partial charge in [0.15, 0.2) is 4.80 Å². The highest BCUT2D eigenvalue weighted by Crippen LogP contribution is 2.31. The summed E-state index contributed by atoms with van der Waals surface area (Å²) >= 11 is 1.33. The number of hydrogen-bond acceptors (Lipinski definition) is 5. The molecule has 0 spiro atoms. The first-order valence-electron chi connectivity index (χ1n) is 12.2. The molecule has 0 amide bonds. The van der Waals surface area contributed by atoms with Crippen molar-refractivity contribution >= 4 is 34.3 Å². The molecule has 0 aliphatic carbocycles. The summed E-state index contributed by atoms with van der Waals surface area (Å²) in [5.41, 5.74) is 4.80. The quantitative estimate of drug-likeness (QED) is 0.279. The number of carbonyl (C=O) groups is 1. The average Bonchev–Trinajstić information content (AvgIpc) is 3.40. The Morgan fingerprint density at radius 1 is 1.19 bits per heavy atom. The third-order valence-corrected chi connectivity index (χ3v) is 7.76. The lowest BCUT2D eigenvalue weighted by atomic mass is 9.93. The fraction of sp³-hybridized carbons (Fsp3) is 0.233. The first-order valence-corrected chi connectivity index (χ1v) is 13.0. The van der Waals surface area contributed by atoms with Gasteiger partial charge in [-0.15, -0.1) is 6.58 Å². The second-order valence-electron chi connectivity index (χ2n) is 9.44. The van der Waals surface area contributed by atoms with E-state index in [2.05, 4.69) is 54.3 Å². The zero-order valence-corrected chi connectivity index (χ0v) is 22.2. The summed E-state index contributed by atoms with van der Waals surface area (Å²) in [6, 6.07) is 15.6. The number of aromatic nitrogens is 2. The zero-order valence-electron chi connectivity index (χ0n) is 21.4. The highest BCUT2D eigenvalue weighted by molar-refractivity contribution is 7.07. The van der Waals surface area contributed by atoms with E-state index in [9.17, 15) is 9.59 Å². The number of fused-ring (bicyclic) bond motifs is 2. The molecule has 2 aromatic carbocycles. The van der Waals surface area contributed by atoms with E-state index < -0.39 is 12.0 Å². The molecule has 0 saturated carbocycles. The Bertz CT molecular complexity index is 1730. The number of rotatable bonds is 6. The Morgan fingerprint density at radius 2 is 1.92 bits per heavy atom. The van der Waals surface area contributed by atoms with E-state index in [1.807, 2.05) is 42.6 Å². The first-order chi connectivity index (χ1) is 17.8. The number of thiazole rings is 1. The molecule has 2 aromatic heterocycles. The van der Waals surface area contributed by atoms with E-state index in [0.717, 1.165) is 22.0 Å². The number of carbonyl (C=O) groups excluding carboxylic acids is 1. The SMILES string of the molecule is C=CCn1cc(/C=c2\sc3n(c2=O)[C@H](c2ccc(C(C)C)cc2)C(C(=O)OC)=C(C)N=3)c2ccccc21. The largest absolute Gasteiger partial charge is 0.466 e. The molecule has 6 nitrogen and oxygen atoms in total. The van der Waals surface area contributed by atoms with Crippen LogP contribution >= 0.6 is 11.3 Å². The summed E-state index contributed by atoms with van der Waals surface area (Å²) in [5, 5.41) is 1.06. The van der Waals surface area contributed by atoms with Gasteiger partial charge in [0.2, 0.25) is 0 Å². The third kappa shape index (κ3) is 4.29. The topological polar surface area (TPSA) is 65.6 Å². The summed E-state index contributed by atoms with van der Waals surface area (Å²) in [4.78, 5) is 32.0. The summed E-state index contributed by atoms with van der Waals surface area (Å²) in [5.74, 6) is -0.113. The molecule has 7 heteroatoms. The van der Waals surface area contributed by atoms with Gasteiger partial charge in [-0.25, -0.2) is 9.79 Å². The number of benzene rings is 2. The Balaban J connectivity index is 1.73. The smallest absolute Gasteiger partial charge is 0.338 e. The molecule has 0 N–H and O–H groups in total. The molecule has 1 aliphatic rings. The van der Waals surface area contributed by atoms with Crippen LogP contribution < -0.4 is 14.9 Å². The molecular weight excluding hydrogens is 482 g/mol. The minimum atomic E-state index is -0.617. The van der Waals surface area contributed by atoms with Gasteiger partial charge in [0.05, 0.1) is 29.0 Å². The molecular formula is C30H29N3O3S. The normalized spacial score (nSPS) is 15.7. The molecule has 0 fully saturated rings. The van der Waals surface area contributed by atoms with Gasteiger partial charge >= 0.3 is 5.97 Å². The molecule has 0 radical (unpaired) electrons. The number of para-hydroxylation sites is 1. The molecule has 4 aromatic rings. The van der Waals surface area contributed by atoms with Gasteiger partial charge in [0.1, 0.15) is 0 Å². The highest BCUT2D eigenvalue weighted by atomic mass is 32.1. The zero-order chi connectivity index (χ0) is 26.3. The second-order valence-corrected chi connectivity index (χ2v) is 10.4. The van der Waals surface area contributed by atoms with Crippen LogP contribution in [0.1, 0.15) is 49.4 Å². The molecule has 3 heterocycles. The van der Waals surface area contributed by atoms with Crippen molar-refractivity contribution in [2.24, 2.45) is 4.99 Å². The number of ether oxygens (including phenoxy) is 1. The van der Waals surface area contributed by atoms with E-state index in [-0.39, 0.29) is 5.56 Å². The van der Waals surface area contributed by atoms with Gasteiger partial charge in [-0.2, -0.15) is 0 Å². The predicted octanol–water partition coefficient (Wildman–Crippen LogP) is 4.67. The van der Waals surface area contributed by atoms with Crippen LogP contribution in [0.15, 0.2) is 88.4 Å². The highest BCUT2D eigenvalue weighted by Gasteiger charge is 2.33. The van der Waals surface area contributed by atoms with Crippen LogP contribution in [0, 0.1) is 0 Å². The Kier molecular flexibility index (Phi) is 6.56. The lowest BCUT2D eigenvalue weighted by molar-refractivity contribution is -0.136. The lowest BCUT2D eigenvalue weighted by Crippen LogP contribution is -2.39. The standard InChI is InChI=1S/C30H29N3O3S/c1-6-15-32-17-22(23-9-7-8-10-24(23)32)16-25-28(34)33-27(21-13-11-20(12-14-21)18(2)3)26(29(35)36-5)19(4)31-30(33)37-25/h6-14,16-18,27H,1,15H2,2-5H3/b25-16-/t27-/m1/s1. The summed E-state index contributed by atoms with van der Waals surface area (Å²) < 4.78 is 9.42. The monoisotopic (exact) mass is 511 g/mol. The number of esters is 1. The summed E-state index contributed by atoms with van der Waals surface area (Å²) in [6.07, 6.45) is 5.81. The van der Waals surface area contributed by atoms with Crippen LogP contribution in [0.25, 0.3) is 17.0 Å². The molecule has 1 atom stereocenters. The van der Waals surface area contributed by atoms with Crippen LogP contribution in [-0.2, 0) is 16.1 Å². The number of methoxy groups -OCH3 is 1. The third-order valence-electron chi connectivity index (χ3n) is 6.78. The Labute approximate surface area is 219 Å².